The van der Waals surface area contributed by atoms with Crippen molar-refractivity contribution in [2.24, 2.45) is 0 Å². The van der Waals surface area contributed by atoms with E-state index in [0.29, 0.717) is 11.9 Å². The number of halogens is 1. The molecule has 3 rings (SSSR count). The van der Waals surface area contributed by atoms with Gasteiger partial charge in [0.05, 0.1) is 0 Å². The fraction of sp³-hybridized carbons (Fsp3) is 0.500. The minimum atomic E-state index is 0. The van der Waals surface area contributed by atoms with Crippen molar-refractivity contribution in [3.8, 4) is 11.4 Å². The summed E-state index contributed by atoms with van der Waals surface area (Å²) in [6, 6.07) is 2.64. The summed E-state index contributed by atoms with van der Waals surface area (Å²) in [7, 11) is 0. The third-order valence-electron chi connectivity index (χ3n) is 3.12. The minimum absolute atomic E-state index is 0. The highest BCUT2D eigenvalue weighted by Crippen LogP contribution is 2.19. The Bertz CT molecular complexity index is 465. The second-order valence-corrected chi connectivity index (χ2v) is 5.14. The quantitative estimate of drug-likeness (QED) is 0.938. The zero-order valence-corrected chi connectivity index (χ0v) is 11.6. The van der Waals surface area contributed by atoms with Crippen LogP contribution in [0.25, 0.3) is 11.4 Å². The molecule has 0 saturated carbocycles. The number of thiophene rings is 1. The Morgan fingerprint density at radius 1 is 1.50 bits per heavy atom. The predicted molar refractivity (Wildman–Crippen MR) is 74.2 cm³/mol. The second kappa shape index (κ2) is 6.31. The SMILES string of the molecule is Cl.c1cc(-c2noc(CCC3CCCN3)n2)cs1. The van der Waals surface area contributed by atoms with E-state index in [1.54, 1.807) is 11.3 Å². The van der Waals surface area contributed by atoms with Crippen LogP contribution in [0.15, 0.2) is 21.3 Å². The van der Waals surface area contributed by atoms with Gasteiger partial charge in [-0.3, -0.25) is 0 Å². The topological polar surface area (TPSA) is 51.0 Å². The Hall–Kier alpha value is -0.910. The first-order valence-electron chi connectivity index (χ1n) is 6.00. The molecule has 1 aliphatic heterocycles. The van der Waals surface area contributed by atoms with Gasteiger partial charge in [0.2, 0.25) is 11.7 Å². The van der Waals surface area contributed by atoms with Crippen LogP contribution in [-0.4, -0.2) is 22.7 Å². The highest BCUT2D eigenvalue weighted by molar-refractivity contribution is 7.08. The van der Waals surface area contributed by atoms with Gasteiger partial charge in [-0.25, -0.2) is 0 Å². The molecule has 1 unspecified atom stereocenters. The van der Waals surface area contributed by atoms with E-state index in [4.69, 9.17) is 4.52 Å². The van der Waals surface area contributed by atoms with E-state index in [2.05, 4.69) is 15.5 Å². The first kappa shape index (κ1) is 13.5. The van der Waals surface area contributed by atoms with Crippen molar-refractivity contribution in [1.29, 1.82) is 0 Å². The largest absolute Gasteiger partial charge is 0.339 e. The smallest absolute Gasteiger partial charge is 0.227 e. The van der Waals surface area contributed by atoms with Crippen molar-refractivity contribution in [2.75, 3.05) is 6.54 Å². The van der Waals surface area contributed by atoms with Crippen LogP contribution in [0.2, 0.25) is 0 Å². The molecule has 18 heavy (non-hydrogen) atoms. The maximum atomic E-state index is 5.26. The molecule has 98 valence electrons. The van der Waals surface area contributed by atoms with Crippen LogP contribution in [0.5, 0.6) is 0 Å². The number of hydrogen-bond donors (Lipinski definition) is 1. The van der Waals surface area contributed by atoms with Crippen LogP contribution in [0.4, 0.5) is 0 Å². The van der Waals surface area contributed by atoms with E-state index in [0.717, 1.165) is 30.8 Å². The highest BCUT2D eigenvalue weighted by Gasteiger charge is 2.16. The average molecular weight is 286 g/mol. The fourth-order valence-corrected chi connectivity index (χ4v) is 2.80. The number of aryl methyl sites for hydroxylation is 1. The van der Waals surface area contributed by atoms with E-state index in [-0.39, 0.29) is 12.4 Å². The van der Waals surface area contributed by atoms with Crippen molar-refractivity contribution in [3.05, 3.63) is 22.7 Å². The van der Waals surface area contributed by atoms with Crippen molar-refractivity contribution in [3.63, 3.8) is 0 Å². The van der Waals surface area contributed by atoms with Gasteiger partial charge in [0.1, 0.15) is 0 Å². The number of nitrogens with zero attached hydrogens (tertiary/aromatic N) is 2. The van der Waals surface area contributed by atoms with Gasteiger partial charge in [-0.2, -0.15) is 16.3 Å². The molecule has 4 nitrogen and oxygen atoms in total. The molecule has 6 heteroatoms. The molecule has 2 aromatic rings. The number of aromatic nitrogens is 2. The van der Waals surface area contributed by atoms with Crippen LogP contribution in [0, 0.1) is 0 Å². The molecule has 0 spiro atoms. The first-order valence-corrected chi connectivity index (χ1v) is 6.94. The van der Waals surface area contributed by atoms with Gasteiger partial charge in [-0.15, -0.1) is 12.4 Å². The number of nitrogens with one attached hydrogen (secondary N) is 1. The standard InChI is InChI=1S/C12H15N3OS.ClH/c1-2-10(13-6-1)3-4-11-14-12(15-16-11)9-5-7-17-8-9;/h5,7-8,10,13H,1-4,6H2;1H. The molecule has 0 radical (unpaired) electrons. The van der Waals surface area contributed by atoms with E-state index < -0.39 is 0 Å². The summed E-state index contributed by atoms with van der Waals surface area (Å²) >= 11 is 1.65. The Kier molecular flexibility index (Phi) is 4.74. The van der Waals surface area contributed by atoms with Crippen LogP contribution in [-0.2, 0) is 6.42 Å². The molecule has 2 aromatic heterocycles. The van der Waals surface area contributed by atoms with Crippen LogP contribution < -0.4 is 5.32 Å². The minimum Gasteiger partial charge on any atom is -0.339 e. The van der Waals surface area contributed by atoms with Gasteiger partial charge in [-0.1, -0.05) is 5.16 Å². The molecule has 1 fully saturated rings. The molecule has 0 bridgehead atoms. The predicted octanol–water partition coefficient (Wildman–Crippen LogP) is 2.90. The molecule has 0 aliphatic carbocycles. The Morgan fingerprint density at radius 3 is 3.17 bits per heavy atom. The van der Waals surface area contributed by atoms with Crippen LogP contribution in [0.3, 0.4) is 0 Å². The summed E-state index contributed by atoms with van der Waals surface area (Å²) in [5, 5.41) is 11.5. The maximum Gasteiger partial charge on any atom is 0.227 e. The van der Waals surface area contributed by atoms with E-state index in [1.807, 2.05) is 16.8 Å². The molecule has 0 amide bonds. The van der Waals surface area contributed by atoms with Gasteiger partial charge >= 0.3 is 0 Å². The zero-order chi connectivity index (χ0) is 11.5. The molecular weight excluding hydrogens is 270 g/mol. The molecule has 1 atom stereocenters. The summed E-state index contributed by atoms with van der Waals surface area (Å²) in [6.07, 6.45) is 4.51. The van der Waals surface area contributed by atoms with Crippen molar-refractivity contribution in [2.45, 2.75) is 31.7 Å². The molecule has 1 saturated heterocycles. The maximum absolute atomic E-state index is 5.26. The number of rotatable bonds is 4. The van der Waals surface area contributed by atoms with Crippen molar-refractivity contribution < 1.29 is 4.52 Å². The second-order valence-electron chi connectivity index (χ2n) is 4.36. The number of hydrogen-bond acceptors (Lipinski definition) is 5. The van der Waals surface area contributed by atoms with E-state index in [1.165, 1.54) is 12.8 Å². The van der Waals surface area contributed by atoms with Crippen LogP contribution >= 0.6 is 23.7 Å². The van der Waals surface area contributed by atoms with Crippen LogP contribution in [0.1, 0.15) is 25.2 Å². The van der Waals surface area contributed by atoms with Gasteiger partial charge in [0, 0.05) is 23.4 Å². The summed E-state index contributed by atoms with van der Waals surface area (Å²) in [5.74, 6) is 1.46. The molecule has 0 aromatic carbocycles. The lowest BCUT2D eigenvalue weighted by molar-refractivity contribution is 0.369. The third kappa shape index (κ3) is 3.10. The molecular formula is C12H16ClN3OS. The fourth-order valence-electron chi connectivity index (χ4n) is 2.17. The lowest BCUT2D eigenvalue weighted by Crippen LogP contribution is -2.21. The van der Waals surface area contributed by atoms with E-state index in [9.17, 15) is 0 Å². The van der Waals surface area contributed by atoms with E-state index >= 15 is 0 Å². The van der Waals surface area contributed by atoms with Gasteiger partial charge in [-0.05, 0) is 37.3 Å². The van der Waals surface area contributed by atoms with Gasteiger partial charge in [0.25, 0.3) is 0 Å². The summed E-state index contributed by atoms with van der Waals surface area (Å²) in [6.45, 7) is 1.15. The molecule has 1 aliphatic rings. The first-order chi connectivity index (χ1) is 8.42. The molecule has 1 N–H and O–H groups in total. The summed E-state index contributed by atoms with van der Waals surface area (Å²) in [4.78, 5) is 4.41. The Balaban J connectivity index is 0.00000120. The van der Waals surface area contributed by atoms with Crippen molar-refractivity contribution >= 4 is 23.7 Å². The Labute approximate surface area is 116 Å². The lowest BCUT2D eigenvalue weighted by Gasteiger charge is -2.06. The monoisotopic (exact) mass is 285 g/mol. The third-order valence-corrected chi connectivity index (χ3v) is 3.80. The Morgan fingerprint density at radius 2 is 2.44 bits per heavy atom. The van der Waals surface area contributed by atoms with Gasteiger partial charge < -0.3 is 9.84 Å². The van der Waals surface area contributed by atoms with Gasteiger partial charge in [0.15, 0.2) is 0 Å². The zero-order valence-electron chi connectivity index (χ0n) is 9.96. The van der Waals surface area contributed by atoms with Crippen molar-refractivity contribution in [1.82, 2.24) is 15.5 Å². The summed E-state index contributed by atoms with van der Waals surface area (Å²) in [5.41, 5.74) is 1.05. The average Bonchev–Trinajstić information content (AvgIpc) is 3.09. The summed E-state index contributed by atoms with van der Waals surface area (Å²) < 4.78 is 5.26. The lowest BCUT2D eigenvalue weighted by atomic mass is 10.1. The highest BCUT2D eigenvalue weighted by atomic mass is 35.5. The molecule has 3 heterocycles. The normalized spacial score (nSPS) is 18.8.